The van der Waals surface area contributed by atoms with Gasteiger partial charge in [0.05, 0.1) is 6.26 Å². The highest BCUT2D eigenvalue weighted by Gasteiger charge is 2.18. The molecule has 134 valence electrons. The van der Waals surface area contributed by atoms with Crippen LogP contribution >= 0.6 is 0 Å². The van der Waals surface area contributed by atoms with Crippen LogP contribution in [-0.4, -0.2) is 36.4 Å². The number of sulfonamides is 1. The van der Waals surface area contributed by atoms with Gasteiger partial charge in [-0.2, -0.15) is 4.31 Å². The Morgan fingerprint density at radius 3 is 2.44 bits per heavy atom. The van der Waals surface area contributed by atoms with Crippen molar-refractivity contribution in [3.05, 3.63) is 59.4 Å². The fraction of sp³-hybridized carbons (Fsp3) is 0.333. The number of aromatic nitrogens is 1. The van der Waals surface area contributed by atoms with Gasteiger partial charge < -0.3 is 5.32 Å². The molecule has 1 N–H and O–H groups in total. The molecule has 25 heavy (non-hydrogen) atoms. The first-order chi connectivity index (χ1) is 11.8. The van der Waals surface area contributed by atoms with Crippen LogP contribution in [0.5, 0.6) is 0 Å². The zero-order valence-electron chi connectivity index (χ0n) is 14.7. The molecule has 0 saturated heterocycles. The summed E-state index contributed by atoms with van der Waals surface area (Å²) in [4.78, 5) is 16.1. The van der Waals surface area contributed by atoms with Gasteiger partial charge in [-0.25, -0.2) is 8.42 Å². The summed E-state index contributed by atoms with van der Waals surface area (Å²) in [5, 5.41) is 2.84. The summed E-state index contributed by atoms with van der Waals surface area (Å²) >= 11 is 0. The van der Waals surface area contributed by atoms with E-state index in [0.717, 1.165) is 28.6 Å². The molecular formula is C18H23N3O3S. The van der Waals surface area contributed by atoms with Crippen LogP contribution < -0.4 is 5.32 Å². The zero-order chi connectivity index (χ0) is 18.4. The molecule has 6 nitrogen and oxygen atoms in total. The fourth-order valence-corrected chi connectivity index (χ4v) is 3.25. The van der Waals surface area contributed by atoms with E-state index in [-0.39, 0.29) is 25.4 Å². The quantitative estimate of drug-likeness (QED) is 0.822. The minimum Gasteiger partial charge on any atom is -0.326 e. The van der Waals surface area contributed by atoms with Crippen LogP contribution in [0.1, 0.15) is 23.1 Å². The van der Waals surface area contributed by atoms with E-state index in [2.05, 4.69) is 10.3 Å². The topological polar surface area (TPSA) is 79.4 Å². The van der Waals surface area contributed by atoms with Crippen molar-refractivity contribution in [3.63, 3.8) is 0 Å². The number of pyridine rings is 1. The summed E-state index contributed by atoms with van der Waals surface area (Å²) in [5.41, 5.74) is 3.67. The van der Waals surface area contributed by atoms with E-state index in [9.17, 15) is 13.2 Å². The summed E-state index contributed by atoms with van der Waals surface area (Å²) in [6, 6.07) is 9.28. The monoisotopic (exact) mass is 361 g/mol. The number of hydrogen-bond donors (Lipinski definition) is 1. The second-order valence-corrected chi connectivity index (χ2v) is 8.05. The van der Waals surface area contributed by atoms with E-state index in [0.29, 0.717) is 0 Å². The number of nitrogens with one attached hydrogen (secondary N) is 1. The van der Waals surface area contributed by atoms with Crippen LogP contribution in [0.25, 0.3) is 0 Å². The van der Waals surface area contributed by atoms with Crippen LogP contribution in [0.4, 0.5) is 5.69 Å². The predicted octanol–water partition coefficient (Wildman–Crippen LogP) is 2.49. The molecule has 1 heterocycles. The van der Waals surface area contributed by atoms with Gasteiger partial charge in [0, 0.05) is 37.6 Å². The Labute approximate surface area is 148 Å². The van der Waals surface area contributed by atoms with Crippen molar-refractivity contribution in [1.82, 2.24) is 9.29 Å². The van der Waals surface area contributed by atoms with Crippen LogP contribution in [0.15, 0.2) is 42.7 Å². The molecule has 0 aliphatic heterocycles. The van der Waals surface area contributed by atoms with E-state index >= 15 is 0 Å². The Kier molecular flexibility index (Phi) is 6.27. The number of carbonyl (C=O) groups excluding carboxylic acids is 1. The minimum atomic E-state index is -3.41. The molecule has 0 unspecified atom stereocenters. The predicted molar refractivity (Wildman–Crippen MR) is 98.7 cm³/mol. The molecular weight excluding hydrogens is 338 g/mol. The Morgan fingerprint density at radius 1 is 1.16 bits per heavy atom. The average molecular weight is 361 g/mol. The number of rotatable bonds is 7. The smallest absolute Gasteiger partial charge is 0.225 e. The maximum absolute atomic E-state index is 12.2. The third-order valence-corrected chi connectivity index (χ3v) is 5.07. The van der Waals surface area contributed by atoms with Crippen LogP contribution in [0, 0.1) is 13.8 Å². The van der Waals surface area contributed by atoms with Crippen molar-refractivity contribution in [2.24, 2.45) is 0 Å². The number of amides is 1. The second-order valence-electron chi connectivity index (χ2n) is 6.07. The molecule has 0 aliphatic carbocycles. The van der Waals surface area contributed by atoms with Crippen molar-refractivity contribution in [3.8, 4) is 0 Å². The van der Waals surface area contributed by atoms with Gasteiger partial charge in [-0.3, -0.25) is 9.78 Å². The number of benzene rings is 1. The highest BCUT2D eigenvalue weighted by molar-refractivity contribution is 7.88. The molecule has 0 atom stereocenters. The zero-order valence-corrected chi connectivity index (χ0v) is 15.5. The molecule has 1 aromatic heterocycles. The van der Waals surface area contributed by atoms with E-state index < -0.39 is 10.0 Å². The maximum Gasteiger partial charge on any atom is 0.225 e. The first-order valence-corrected chi connectivity index (χ1v) is 9.81. The van der Waals surface area contributed by atoms with Crippen LogP contribution in [0.3, 0.4) is 0 Å². The molecule has 0 radical (unpaired) electrons. The summed E-state index contributed by atoms with van der Waals surface area (Å²) in [6.45, 7) is 4.26. The van der Waals surface area contributed by atoms with E-state index in [1.54, 1.807) is 24.5 Å². The maximum atomic E-state index is 12.2. The SMILES string of the molecule is Cc1ccc(NC(=O)CCN(Cc2ccncc2)S(C)(=O)=O)c(C)c1. The molecule has 0 fully saturated rings. The molecule has 2 aromatic rings. The first-order valence-electron chi connectivity index (χ1n) is 7.97. The number of aryl methyl sites for hydroxylation is 2. The lowest BCUT2D eigenvalue weighted by molar-refractivity contribution is -0.116. The largest absolute Gasteiger partial charge is 0.326 e. The third-order valence-electron chi connectivity index (χ3n) is 3.82. The van der Waals surface area contributed by atoms with E-state index in [1.807, 2.05) is 32.0 Å². The average Bonchev–Trinajstić information content (AvgIpc) is 2.54. The number of hydrogen-bond acceptors (Lipinski definition) is 4. The summed E-state index contributed by atoms with van der Waals surface area (Å²) in [5.74, 6) is -0.213. The molecule has 0 bridgehead atoms. The van der Waals surface area contributed by atoms with Crippen LogP contribution in [0.2, 0.25) is 0 Å². The number of anilines is 1. The highest BCUT2D eigenvalue weighted by atomic mass is 32.2. The molecule has 1 amide bonds. The second kappa shape index (κ2) is 8.22. The fourth-order valence-electron chi connectivity index (χ4n) is 2.45. The van der Waals surface area contributed by atoms with Crippen molar-refractivity contribution in [2.45, 2.75) is 26.8 Å². The van der Waals surface area contributed by atoms with Gasteiger partial charge in [0.2, 0.25) is 15.9 Å². The third kappa shape index (κ3) is 5.95. The van der Waals surface area contributed by atoms with E-state index in [4.69, 9.17) is 0 Å². The van der Waals surface area contributed by atoms with Gasteiger partial charge in [-0.15, -0.1) is 0 Å². The number of nitrogens with zero attached hydrogens (tertiary/aromatic N) is 2. The van der Waals surface area contributed by atoms with E-state index in [1.165, 1.54) is 4.31 Å². The van der Waals surface area contributed by atoms with Gasteiger partial charge in [0.25, 0.3) is 0 Å². The molecule has 0 saturated carbocycles. The van der Waals surface area contributed by atoms with Crippen molar-refractivity contribution in [1.29, 1.82) is 0 Å². The van der Waals surface area contributed by atoms with Crippen molar-refractivity contribution >= 4 is 21.6 Å². The summed E-state index contributed by atoms with van der Waals surface area (Å²) < 4.78 is 25.2. The minimum absolute atomic E-state index is 0.0888. The van der Waals surface area contributed by atoms with Gasteiger partial charge in [-0.1, -0.05) is 17.7 Å². The van der Waals surface area contributed by atoms with Crippen molar-refractivity contribution in [2.75, 3.05) is 18.1 Å². The molecule has 0 spiro atoms. The van der Waals surface area contributed by atoms with Gasteiger partial charge in [-0.05, 0) is 43.2 Å². The lowest BCUT2D eigenvalue weighted by Crippen LogP contribution is -2.32. The van der Waals surface area contributed by atoms with Gasteiger partial charge in [0.1, 0.15) is 0 Å². The summed E-state index contributed by atoms with van der Waals surface area (Å²) in [6.07, 6.45) is 4.47. The molecule has 1 aromatic carbocycles. The molecule has 0 aliphatic rings. The van der Waals surface area contributed by atoms with Crippen LogP contribution in [-0.2, 0) is 21.4 Å². The lowest BCUT2D eigenvalue weighted by atomic mass is 10.1. The highest BCUT2D eigenvalue weighted by Crippen LogP contribution is 2.16. The standard InChI is InChI=1S/C18H23N3O3S/c1-14-4-5-17(15(2)12-14)20-18(22)8-11-21(25(3,23)24)13-16-6-9-19-10-7-16/h4-7,9-10,12H,8,11,13H2,1-3H3,(H,20,22). The lowest BCUT2D eigenvalue weighted by Gasteiger charge is -2.20. The Balaban J connectivity index is 1.99. The molecule has 7 heteroatoms. The van der Waals surface area contributed by atoms with Crippen molar-refractivity contribution < 1.29 is 13.2 Å². The van der Waals surface area contributed by atoms with Gasteiger partial charge >= 0.3 is 0 Å². The Hall–Kier alpha value is -2.25. The Bertz CT molecular complexity index is 836. The normalized spacial score (nSPS) is 11.5. The Morgan fingerprint density at radius 2 is 1.84 bits per heavy atom. The van der Waals surface area contributed by atoms with Gasteiger partial charge in [0.15, 0.2) is 0 Å². The number of carbonyl (C=O) groups is 1. The molecule has 2 rings (SSSR count). The summed E-state index contributed by atoms with van der Waals surface area (Å²) in [7, 11) is -3.41. The first kappa shape index (κ1) is 19.1.